The molecule has 0 fully saturated rings. The van der Waals surface area contributed by atoms with Crippen LogP contribution < -0.4 is 10.2 Å². The second-order valence-corrected chi connectivity index (χ2v) is 5.26. The van der Waals surface area contributed by atoms with E-state index in [1.165, 1.54) is 0 Å². The summed E-state index contributed by atoms with van der Waals surface area (Å²) in [5.74, 6) is -0.0835. The minimum atomic E-state index is -0.376. The zero-order valence-electron chi connectivity index (χ0n) is 12.3. The van der Waals surface area contributed by atoms with Crippen LogP contribution in [0.3, 0.4) is 0 Å². The van der Waals surface area contributed by atoms with Crippen LogP contribution in [0.1, 0.15) is 11.1 Å². The zero-order chi connectivity index (χ0) is 15.5. The van der Waals surface area contributed by atoms with Crippen molar-refractivity contribution >= 4 is 28.9 Å². The van der Waals surface area contributed by atoms with E-state index in [4.69, 9.17) is 0 Å². The highest BCUT2D eigenvalue weighted by Gasteiger charge is 2.23. The molecule has 112 valence electrons. The first-order valence-electron chi connectivity index (χ1n) is 7.18. The Kier molecular flexibility index (Phi) is 3.92. The maximum Gasteiger partial charge on any atom is 0.256 e. The fourth-order valence-corrected chi connectivity index (χ4v) is 2.53. The Morgan fingerprint density at radius 2 is 1.86 bits per heavy atom. The van der Waals surface area contributed by atoms with E-state index >= 15 is 0 Å². The Hall–Kier alpha value is -2.62. The van der Waals surface area contributed by atoms with E-state index in [0.29, 0.717) is 12.1 Å². The van der Waals surface area contributed by atoms with Gasteiger partial charge >= 0.3 is 0 Å². The van der Waals surface area contributed by atoms with E-state index in [-0.39, 0.29) is 12.6 Å². The van der Waals surface area contributed by atoms with Crippen LogP contribution in [0.5, 0.6) is 0 Å². The summed E-state index contributed by atoms with van der Waals surface area (Å²) >= 11 is 0. The number of rotatable bonds is 4. The van der Waals surface area contributed by atoms with Crippen molar-refractivity contribution in [1.82, 2.24) is 0 Å². The van der Waals surface area contributed by atoms with Gasteiger partial charge < -0.3 is 10.2 Å². The lowest BCUT2D eigenvalue weighted by atomic mass is 10.0. The Bertz CT molecular complexity index is 722. The van der Waals surface area contributed by atoms with Gasteiger partial charge in [-0.2, -0.15) is 0 Å². The fraction of sp³-hybridized carbons (Fsp3) is 0.167. The lowest BCUT2D eigenvalue weighted by molar-refractivity contribution is -0.110. The lowest BCUT2D eigenvalue weighted by Crippen LogP contribution is -2.19. The third-order valence-electron chi connectivity index (χ3n) is 3.77. The van der Waals surface area contributed by atoms with Gasteiger partial charge in [-0.15, -0.1) is 0 Å². The minimum absolute atomic E-state index is 0.0835. The van der Waals surface area contributed by atoms with Crippen molar-refractivity contribution in [2.45, 2.75) is 0 Å². The molecule has 2 aromatic carbocycles. The molecular weight excluding hydrogens is 279 g/mol. The molecule has 0 unspecified atom stereocenters. The highest BCUT2D eigenvalue weighted by Crippen LogP contribution is 2.32. The van der Waals surface area contributed by atoms with Crippen molar-refractivity contribution in [3.05, 3.63) is 59.7 Å². The van der Waals surface area contributed by atoms with Crippen molar-refractivity contribution < 1.29 is 9.18 Å². The molecule has 3 rings (SSSR count). The predicted octanol–water partition coefficient (Wildman–Crippen LogP) is 3.59. The van der Waals surface area contributed by atoms with E-state index in [1.807, 2.05) is 66.6 Å². The van der Waals surface area contributed by atoms with Crippen LogP contribution >= 0.6 is 0 Å². The normalized spacial score (nSPS) is 14.8. The van der Waals surface area contributed by atoms with Gasteiger partial charge in [-0.25, -0.2) is 4.39 Å². The molecule has 1 aliphatic rings. The minimum Gasteiger partial charge on any atom is -0.372 e. The van der Waals surface area contributed by atoms with Gasteiger partial charge in [0, 0.05) is 36.1 Å². The molecule has 0 saturated carbocycles. The first kappa shape index (κ1) is 14.3. The molecule has 0 bridgehead atoms. The smallest absolute Gasteiger partial charge is 0.256 e. The monoisotopic (exact) mass is 296 g/mol. The third kappa shape index (κ3) is 2.72. The fourth-order valence-electron chi connectivity index (χ4n) is 2.53. The van der Waals surface area contributed by atoms with Gasteiger partial charge in [-0.3, -0.25) is 4.79 Å². The summed E-state index contributed by atoms with van der Waals surface area (Å²) < 4.78 is 12.4. The first-order valence-corrected chi connectivity index (χ1v) is 7.18. The first-order chi connectivity index (χ1) is 10.7. The molecule has 0 aliphatic carbocycles. The third-order valence-corrected chi connectivity index (χ3v) is 3.77. The van der Waals surface area contributed by atoms with E-state index in [9.17, 15) is 9.18 Å². The molecule has 0 aromatic heterocycles. The lowest BCUT2D eigenvalue weighted by Gasteiger charge is -2.17. The average molecular weight is 296 g/mol. The molecule has 0 saturated heterocycles. The molecule has 4 heteroatoms. The molecule has 0 spiro atoms. The number of hydrogen-bond acceptors (Lipinski definition) is 2. The second-order valence-electron chi connectivity index (χ2n) is 5.26. The molecule has 0 radical (unpaired) electrons. The second kappa shape index (κ2) is 6.02. The molecule has 3 nitrogen and oxygen atoms in total. The van der Waals surface area contributed by atoms with Crippen molar-refractivity contribution in [1.29, 1.82) is 0 Å². The van der Waals surface area contributed by atoms with Crippen molar-refractivity contribution in [3.63, 3.8) is 0 Å². The van der Waals surface area contributed by atoms with Crippen molar-refractivity contribution in [2.24, 2.45) is 0 Å². The number of carbonyl (C=O) groups is 1. The molecule has 1 amide bonds. The Balaban J connectivity index is 1.88. The van der Waals surface area contributed by atoms with Crippen LogP contribution in [0.25, 0.3) is 11.6 Å². The number of alkyl halides is 1. The van der Waals surface area contributed by atoms with Gasteiger partial charge in [-0.1, -0.05) is 30.3 Å². The van der Waals surface area contributed by atoms with Crippen molar-refractivity contribution in [2.75, 3.05) is 30.5 Å². The van der Waals surface area contributed by atoms with Crippen LogP contribution in [-0.2, 0) is 4.79 Å². The van der Waals surface area contributed by atoms with Gasteiger partial charge in [0.2, 0.25) is 0 Å². The largest absolute Gasteiger partial charge is 0.372 e. The molecule has 22 heavy (non-hydrogen) atoms. The Labute approximate surface area is 129 Å². The molecule has 1 heterocycles. The highest BCUT2D eigenvalue weighted by molar-refractivity contribution is 6.34. The number of fused-ring (bicyclic) bond motifs is 1. The summed E-state index contributed by atoms with van der Waals surface area (Å²) in [6.07, 6.45) is 1.88. The summed E-state index contributed by atoms with van der Waals surface area (Å²) in [5, 5.41) is 2.86. The maximum absolute atomic E-state index is 12.4. The number of nitrogens with one attached hydrogen (secondary N) is 1. The van der Waals surface area contributed by atoms with Gasteiger partial charge in [0.25, 0.3) is 5.91 Å². The molecule has 1 N–H and O–H groups in total. The van der Waals surface area contributed by atoms with Gasteiger partial charge in [0.05, 0.1) is 0 Å². The van der Waals surface area contributed by atoms with Gasteiger partial charge in [-0.05, 0) is 29.8 Å². The zero-order valence-corrected chi connectivity index (χ0v) is 12.3. The number of nitrogens with zero attached hydrogens (tertiary/aromatic N) is 1. The molecular formula is C18H17FN2O. The number of benzene rings is 2. The maximum atomic E-state index is 12.4. The van der Waals surface area contributed by atoms with Crippen molar-refractivity contribution in [3.8, 4) is 0 Å². The quantitative estimate of drug-likeness (QED) is 0.875. The number of hydrogen-bond donors (Lipinski definition) is 1. The Morgan fingerprint density at radius 3 is 2.59 bits per heavy atom. The summed E-state index contributed by atoms with van der Waals surface area (Å²) in [6, 6.07) is 15.4. The summed E-state index contributed by atoms with van der Waals surface area (Å²) in [4.78, 5) is 13.9. The highest BCUT2D eigenvalue weighted by atomic mass is 19.1. The summed E-state index contributed by atoms with van der Waals surface area (Å²) in [7, 11) is 1.85. The Morgan fingerprint density at radius 1 is 1.14 bits per heavy atom. The van der Waals surface area contributed by atoms with Gasteiger partial charge in [0.1, 0.15) is 6.67 Å². The molecule has 0 atom stereocenters. The summed E-state index contributed by atoms with van der Waals surface area (Å²) in [5.41, 5.74) is 4.33. The van der Waals surface area contributed by atoms with Crippen LogP contribution in [0, 0.1) is 0 Å². The number of para-hydroxylation sites is 1. The van der Waals surface area contributed by atoms with Crippen LogP contribution in [0.4, 0.5) is 15.8 Å². The van der Waals surface area contributed by atoms with Crippen LogP contribution in [-0.4, -0.2) is 26.2 Å². The molecule has 2 aromatic rings. The number of carbonyl (C=O) groups excluding carboxylic acids is 1. The molecule has 1 aliphatic heterocycles. The number of anilines is 2. The average Bonchev–Trinajstić information content (AvgIpc) is 2.84. The van der Waals surface area contributed by atoms with E-state index in [0.717, 1.165) is 22.5 Å². The standard InChI is InChI=1S/C18H17FN2O/c1-21(11-10-19)14-8-6-13(7-9-14)12-16-15-4-2-3-5-17(15)20-18(16)22/h2-9,12H,10-11H2,1H3,(H,20,22). The summed E-state index contributed by atoms with van der Waals surface area (Å²) in [6.45, 7) is -0.00449. The van der Waals surface area contributed by atoms with Gasteiger partial charge in [0.15, 0.2) is 0 Å². The van der Waals surface area contributed by atoms with Crippen LogP contribution in [0.2, 0.25) is 0 Å². The SMILES string of the molecule is CN(CCF)c1ccc(C=C2C(=O)Nc3ccccc32)cc1. The number of amides is 1. The number of halogens is 1. The van der Waals surface area contributed by atoms with E-state index in [1.54, 1.807) is 0 Å². The van der Waals surface area contributed by atoms with E-state index in [2.05, 4.69) is 5.32 Å². The van der Waals surface area contributed by atoms with Crippen LogP contribution in [0.15, 0.2) is 48.5 Å². The predicted molar refractivity (Wildman–Crippen MR) is 88.6 cm³/mol. The van der Waals surface area contributed by atoms with E-state index < -0.39 is 0 Å². The topological polar surface area (TPSA) is 32.3 Å².